The second kappa shape index (κ2) is 5.53. The van der Waals surface area contributed by atoms with E-state index >= 15 is 0 Å². The number of rotatable bonds is 2. The van der Waals surface area contributed by atoms with Gasteiger partial charge in [0.25, 0.3) is 5.56 Å². The van der Waals surface area contributed by atoms with Crippen molar-refractivity contribution in [3.05, 3.63) is 70.3 Å². The molecule has 0 bridgehead atoms. The van der Waals surface area contributed by atoms with Crippen LogP contribution in [-0.2, 0) is 12.6 Å². The Kier molecular flexibility index (Phi) is 3.67. The summed E-state index contributed by atoms with van der Waals surface area (Å²) in [6.45, 7) is 1.81. The van der Waals surface area contributed by atoms with Crippen molar-refractivity contribution in [1.82, 2.24) is 9.55 Å². The van der Waals surface area contributed by atoms with Crippen molar-refractivity contribution >= 4 is 10.9 Å². The molecular formula is C17H13F3N2O. The Morgan fingerprint density at radius 1 is 1.04 bits per heavy atom. The van der Waals surface area contributed by atoms with E-state index in [1.165, 1.54) is 16.7 Å². The SMILES string of the molecule is CCc1nc2cccc(C(F)(F)F)c2c(=O)n1-c1ccccc1. The van der Waals surface area contributed by atoms with Gasteiger partial charge < -0.3 is 0 Å². The maximum Gasteiger partial charge on any atom is 0.417 e. The second-order valence-electron chi connectivity index (χ2n) is 5.06. The lowest BCUT2D eigenvalue weighted by Gasteiger charge is -2.15. The van der Waals surface area contributed by atoms with Crippen LogP contribution in [0.4, 0.5) is 13.2 Å². The lowest BCUT2D eigenvalue weighted by molar-refractivity contribution is -0.136. The fourth-order valence-corrected chi connectivity index (χ4v) is 2.59. The van der Waals surface area contributed by atoms with E-state index < -0.39 is 22.7 Å². The fourth-order valence-electron chi connectivity index (χ4n) is 2.59. The molecule has 0 aliphatic heterocycles. The topological polar surface area (TPSA) is 34.9 Å². The van der Waals surface area contributed by atoms with E-state index in [1.807, 2.05) is 0 Å². The van der Waals surface area contributed by atoms with Crippen LogP contribution in [0.25, 0.3) is 16.6 Å². The third kappa shape index (κ3) is 2.60. The number of aryl methyl sites for hydroxylation is 1. The Balaban J connectivity index is 2.46. The van der Waals surface area contributed by atoms with Gasteiger partial charge in [-0.2, -0.15) is 13.2 Å². The van der Waals surface area contributed by atoms with Gasteiger partial charge in [0.2, 0.25) is 0 Å². The van der Waals surface area contributed by atoms with E-state index in [1.54, 1.807) is 37.3 Å². The third-order valence-corrected chi connectivity index (χ3v) is 3.60. The number of nitrogens with zero attached hydrogens (tertiary/aromatic N) is 2. The number of benzene rings is 2. The molecule has 118 valence electrons. The molecule has 1 aromatic heterocycles. The lowest BCUT2D eigenvalue weighted by atomic mass is 10.1. The third-order valence-electron chi connectivity index (χ3n) is 3.60. The van der Waals surface area contributed by atoms with Crippen LogP contribution in [0.1, 0.15) is 18.3 Å². The number of aromatic nitrogens is 2. The van der Waals surface area contributed by atoms with Crippen molar-refractivity contribution < 1.29 is 13.2 Å². The van der Waals surface area contributed by atoms with Gasteiger partial charge in [-0.1, -0.05) is 31.2 Å². The van der Waals surface area contributed by atoms with Crippen molar-refractivity contribution in [2.45, 2.75) is 19.5 Å². The van der Waals surface area contributed by atoms with Gasteiger partial charge in [0, 0.05) is 6.42 Å². The first-order chi connectivity index (χ1) is 10.9. The van der Waals surface area contributed by atoms with Crippen LogP contribution in [0, 0.1) is 0 Å². The minimum atomic E-state index is -4.61. The zero-order valence-electron chi connectivity index (χ0n) is 12.3. The molecule has 0 N–H and O–H groups in total. The summed E-state index contributed by atoms with van der Waals surface area (Å²) in [6, 6.07) is 12.2. The Morgan fingerprint density at radius 2 is 1.74 bits per heavy atom. The maximum absolute atomic E-state index is 13.2. The zero-order valence-corrected chi connectivity index (χ0v) is 12.3. The number of hydrogen-bond acceptors (Lipinski definition) is 2. The number of halogens is 3. The van der Waals surface area contributed by atoms with E-state index in [9.17, 15) is 18.0 Å². The van der Waals surface area contributed by atoms with E-state index in [0.29, 0.717) is 17.9 Å². The average molecular weight is 318 g/mol. The first-order valence-electron chi connectivity index (χ1n) is 7.10. The minimum absolute atomic E-state index is 0.0638. The molecule has 0 spiro atoms. The van der Waals surface area contributed by atoms with Gasteiger partial charge in [0.05, 0.1) is 22.2 Å². The van der Waals surface area contributed by atoms with Crippen LogP contribution >= 0.6 is 0 Å². The predicted octanol–water partition coefficient (Wildman–Crippen LogP) is 3.97. The highest BCUT2D eigenvalue weighted by Crippen LogP contribution is 2.33. The smallest absolute Gasteiger partial charge is 0.268 e. The van der Waals surface area contributed by atoms with Gasteiger partial charge in [-0.05, 0) is 24.3 Å². The Hall–Kier alpha value is -2.63. The molecule has 2 aromatic carbocycles. The first kappa shape index (κ1) is 15.3. The van der Waals surface area contributed by atoms with E-state index in [-0.39, 0.29) is 5.52 Å². The number of hydrogen-bond donors (Lipinski definition) is 0. The highest BCUT2D eigenvalue weighted by atomic mass is 19.4. The summed E-state index contributed by atoms with van der Waals surface area (Å²) in [5.74, 6) is 0.424. The van der Waals surface area contributed by atoms with E-state index in [2.05, 4.69) is 4.98 Å². The molecule has 0 aliphatic carbocycles. The largest absolute Gasteiger partial charge is 0.417 e. The Labute approximate surface area is 130 Å². The number of fused-ring (bicyclic) bond motifs is 1. The van der Waals surface area contributed by atoms with Gasteiger partial charge in [-0.15, -0.1) is 0 Å². The molecule has 0 atom stereocenters. The molecule has 0 saturated carbocycles. The zero-order chi connectivity index (χ0) is 16.6. The molecule has 3 nitrogen and oxygen atoms in total. The summed E-state index contributed by atoms with van der Waals surface area (Å²) in [5.41, 5.74) is -1.10. The van der Waals surface area contributed by atoms with Gasteiger partial charge in [-0.3, -0.25) is 9.36 Å². The second-order valence-corrected chi connectivity index (χ2v) is 5.06. The van der Waals surface area contributed by atoms with Crippen molar-refractivity contribution in [1.29, 1.82) is 0 Å². The Morgan fingerprint density at radius 3 is 2.35 bits per heavy atom. The van der Waals surface area contributed by atoms with Gasteiger partial charge in [0.15, 0.2) is 0 Å². The van der Waals surface area contributed by atoms with Crippen molar-refractivity contribution in [2.24, 2.45) is 0 Å². The Bertz CT molecular complexity index is 915. The molecular weight excluding hydrogens is 305 g/mol. The lowest BCUT2D eigenvalue weighted by Crippen LogP contribution is -2.25. The molecule has 3 rings (SSSR count). The summed E-state index contributed by atoms with van der Waals surface area (Å²) in [4.78, 5) is 17.1. The number of para-hydroxylation sites is 1. The molecule has 0 saturated heterocycles. The van der Waals surface area contributed by atoms with Crippen LogP contribution in [-0.4, -0.2) is 9.55 Å². The van der Waals surface area contributed by atoms with Gasteiger partial charge >= 0.3 is 6.18 Å². The van der Waals surface area contributed by atoms with Crippen molar-refractivity contribution in [2.75, 3.05) is 0 Å². The van der Waals surface area contributed by atoms with Gasteiger partial charge in [0.1, 0.15) is 5.82 Å². The van der Waals surface area contributed by atoms with Crippen molar-refractivity contribution in [3.8, 4) is 5.69 Å². The van der Waals surface area contributed by atoms with E-state index in [0.717, 1.165) is 6.07 Å². The summed E-state index contributed by atoms with van der Waals surface area (Å²) in [5, 5.41) is -0.402. The van der Waals surface area contributed by atoms with Crippen LogP contribution in [0.2, 0.25) is 0 Å². The monoisotopic (exact) mass is 318 g/mol. The van der Waals surface area contributed by atoms with Crippen LogP contribution in [0.5, 0.6) is 0 Å². The highest BCUT2D eigenvalue weighted by Gasteiger charge is 2.34. The molecule has 0 aliphatic rings. The number of alkyl halides is 3. The quantitative estimate of drug-likeness (QED) is 0.717. The molecule has 0 radical (unpaired) electrons. The molecule has 1 heterocycles. The summed E-state index contributed by atoms with van der Waals surface area (Å²) < 4.78 is 41.0. The molecule has 6 heteroatoms. The van der Waals surface area contributed by atoms with Crippen LogP contribution < -0.4 is 5.56 Å². The standard InChI is InChI=1S/C17H13F3N2O/c1-2-14-21-13-10-6-9-12(17(18,19)20)15(13)16(23)22(14)11-7-4-3-5-8-11/h3-10H,2H2,1H3. The van der Waals surface area contributed by atoms with E-state index in [4.69, 9.17) is 0 Å². The normalized spacial score (nSPS) is 11.8. The summed E-state index contributed by atoms with van der Waals surface area (Å²) >= 11 is 0. The molecule has 0 amide bonds. The molecule has 23 heavy (non-hydrogen) atoms. The maximum atomic E-state index is 13.2. The average Bonchev–Trinajstić information content (AvgIpc) is 2.54. The van der Waals surface area contributed by atoms with Crippen LogP contribution in [0.3, 0.4) is 0 Å². The fraction of sp³-hybridized carbons (Fsp3) is 0.176. The molecule has 0 fully saturated rings. The van der Waals surface area contributed by atoms with Gasteiger partial charge in [-0.25, -0.2) is 4.98 Å². The van der Waals surface area contributed by atoms with Crippen LogP contribution in [0.15, 0.2) is 53.3 Å². The minimum Gasteiger partial charge on any atom is -0.268 e. The molecule has 3 aromatic rings. The molecule has 0 unspecified atom stereocenters. The summed E-state index contributed by atoms with van der Waals surface area (Å²) in [7, 11) is 0. The van der Waals surface area contributed by atoms with Crippen molar-refractivity contribution in [3.63, 3.8) is 0 Å². The highest BCUT2D eigenvalue weighted by molar-refractivity contribution is 5.82. The first-order valence-corrected chi connectivity index (χ1v) is 7.10. The predicted molar refractivity (Wildman–Crippen MR) is 81.7 cm³/mol. The summed E-state index contributed by atoms with van der Waals surface area (Å²) in [6.07, 6.45) is -4.18.